The predicted molar refractivity (Wildman–Crippen MR) is 30.3 cm³/mol. The zero-order valence-electron chi connectivity index (χ0n) is 4.94. The van der Waals surface area contributed by atoms with E-state index in [2.05, 4.69) is 0 Å². The fourth-order valence-corrected chi connectivity index (χ4v) is 1.90. The molecule has 2 aliphatic rings. The molecule has 2 unspecified atom stereocenters. The fraction of sp³-hybridized carbons (Fsp3) is 1.00. The molecule has 0 N–H and O–H groups in total. The van der Waals surface area contributed by atoms with Crippen molar-refractivity contribution in [2.45, 2.75) is 31.9 Å². The van der Waals surface area contributed by atoms with Crippen LogP contribution in [0.3, 0.4) is 0 Å². The third-order valence-corrected chi connectivity index (χ3v) is 2.55. The number of halogens is 1. The molecule has 2 fully saturated rings. The largest absolute Gasteiger partial charge is 0.247 e. The normalized spacial score (nSPS) is 52.9. The highest BCUT2D eigenvalue weighted by Gasteiger charge is 2.51. The van der Waals surface area contributed by atoms with Gasteiger partial charge in [-0.3, -0.25) is 0 Å². The van der Waals surface area contributed by atoms with E-state index in [4.69, 9.17) is 0 Å². The van der Waals surface area contributed by atoms with Crippen molar-refractivity contribution in [1.82, 2.24) is 0 Å². The third kappa shape index (κ3) is 0.503. The molecule has 0 aromatic carbocycles. The third-order valence-electron chi connectivity index (χ3n) is 2.55. The van der Waals surface area contributed by atoms with E-state index in [1.54, 1.807) is 0 Å². The Morgan fingerprint density at radius 1 is 1.00 bits per heavy atom. The Bertz CT molecular complexity index is 88.6. The first kappa shape index (κ1) is 4.78. The molecule has 2 aliphatic carbocycles. The molecule has 0 radical (unpaired) electrons. The predicted octanol–water partition coefficient (Wildman–Crippen LogP) is 2.14. The van der Waals surface area contributed by atoms with E-state index in [1.807, 2.05) is 0 Å². The lowest BCUT2D eigenvalue weighted by Gasteiger charge is -2.03. The van der Waals surface area contributed by atoms with Crippen molar-refractivity contribution in [2.75, 3.05) is 0 Å². The Balaban J connectivity index is 1.97. The van der Waals surface area contributed by atoms with E-state index in [0.29, 0.717) is 11.8 Å². The Kier molecular flexibility index (Phi) is 0.870. The molecule has 0 saturated heterocycles. The van der Waals surface area contributed by atoms with Gasteiger partial charge < -0.3 is 0 Å². The summed E-state index contributed by atoms with van der Waals surface area (Å²) in [6.45, 7) is 0. The van der Waals surface area contributed by atoms with Crippen LogP contribution in [0, 0.1) is 11.8 Å². The Hall–Kier alpha value is -0.0700. The highest BCUT2D eigenvalue weighted by Crippen LogP contribution is 2.51. The first-order chi connectivity index (χ1) is 3.89. The van der Waals surface area contributed by atoms with Crippen LogP contribution in [0.4, 0.5) is 4.39 Å². The second kappa shape index (κ2) is 1.46. The molecule has 8 heavy (non-hydrogen) atoms. The molecule has 0 aromatic heterocycles. The van der Waals surface area contributed by atoms with Crippen LogP contribution in [0.5, 0.6) is 0 Å². The van der Waals surface area contributed by atoms with Gasteiger partial charge in [0.1, 0.15) is 6.17 Å². The van der Waals surface area contributed by atoms with Gasteiger partial charge in [0.25, 0.3) is 0 Å². The van der Waals surface area contributed by atoms with E-state index >= 15 is 0 Å². The molecule has 46 valence electrons. The first-order valence-electron chi connectivity index (χ1n) is 3.53. The maximum absolute atomic E-state index is 12.5. The summed E-state index contributed by atoms with van der Waals surface area (Å²) < 4.78 is 12.5. The van der Waals surface area contributed by atoms with Crippen LogP contribution in [0.25, 0.3) is 0 Å². The standard InChI is InChI=1S/C7H11F/c8-7-5-3-1-2-4-6(5)7/h5-7H,1-4H2. The highest BCUT2D eigenvalue weighted by atomic mass is 19.1. The Morgan fingerprint density at radius 2 is 1.50 bits per heavy atom. The maximum atomic E-state index is 12.5. The molecular formula is C7H11F. The van der Waals surface area contributed by atoms with Crippen LogP contribution in [0.1, 0.15) is 25.7 Å². The summed E-state index contributed by atoms with van der Waals surface area (Å²) in [6.07, 6.45) is 4.51. The summed E-state index contributed by atoms with van der Waals surface area (Å²) in [6, 6.07) is 0. The van der Waals surface area contributed by atoms with Gasteiger partial charge in [-0.2, -0.15) is 0 Å². The number of hydrogen-bond acceptors (Lipinski definition) is 0. The SMILES string of the molecule is FC1C2CCCCC12. The topological polar surface area (TPSA) is 0 Å². The lowest BCUT2D eigenvalue weighted by molar-refractivity contribution is 0.431. The van der Waals surface area contributed by atoms with Gasteiger partial charge >= 0.3 is 0 Å². The molecule has 2 saturated carbocycles. The average molecular weight is 114 g/mol. The Morgan fingerprint density at radius 3 is 1.88 bits per heavy atom. The van der Waals surface area contributed by atoms with E-state index in [0.717, 1.165) is 0 Å². The van der Waals surface area contributed by atoms with Crippen LogP contribution < -0.4 is 0 Å². The average Bonchev–Trinajstić information content (AvgIpc) is 2.46. The van der Waals surface area contributed by atoms with Crippen molar-refractivity contribution in [3.05, 3.63) is 0 Å². The van der Waals surface area contributed by atoms with Crippen molar-refractivity contribution in [2.24, 2.45) is 11.8 Å². The molecule has 0 bridgehead atoms. The minimum absolute atomic E-state index is 0.391. The smallest absolute Gasteiger partial charge is 0.106 e. The number of alkyl halides is 1. The van der Waals surface area contributed by atoms with Crippen molar-refractivity contribution >= 4 is 0 Å². The van der Waals surface area contributed by atoms with Gasteiger partial charge in [-0.25, -0.2) is 4.39 Å². The van der Waals surface area contributed by atoms with Crippen molar-refractivity contribution in [1.29, 1.82) is 0 Å². The monoisotopic (exact) mass is 114 g/mol. The maximum Gasteiger partial charge on any atom is 0.106 e. The van der Waals surface area contributed by atoms with E-state index in [1.165, 1.54) is 25.7 Å². The van der Waals surface area contributed by atoms with Gasteiger partial charge in [0.05, 0.1) is 0 Å². The van der Waals surface area contributed by atoms with Crippen LogP contribution in [0.15, 0.2) is 0 Å². The molecule has 2 rings (SSSR count). The van der Waals surface area contributed by atoms with Gasteiger partial charge in [-0.15, -0.1) is 0 Å². The molecule has 0 nitrogen and oxygen atoms in total. The molecule has 0 aromatic rings. The van der Waals surface area contributed by atoms with Crippen molar-refractivity contribution in [3.63, 3.8) is 0 Å². The van der Waals surface area contributed by atoms with Crippen LogP contribution in [-0.2, 0) is 0 Å². The summed E-state index contributed by atoms with van der Waals surface area (Å²) in [4.78, 5) is 0. The van der Waals surface area contributed by atoms with E-state index in [9.17, 15) is 4.39 Å². The van der Waals surface area contributed by atoms with Gasteiger partial charge in [-0.1, -0.05) is 12.8 Å². The zero-order valence-corrected chi connectivity index (χ0v) is 4.94. The molecule has 0 heterocycles. The summed E-state index contributed by atoms with van der Waals surface area (Å²) in [5.74, 6) is 1.01. The minimum Gasteiger partial charge on any atom is -0.247 e. The first-order valence-corrected chi connectivity index (χ1v) is 3.53. The lowest BCUT2D eigenvalue weighted by atomic mass is 10.0. The van der Waals surface area contributed by atoms with Crippen molar-refractivity contribution < 1.29 is 4.39 Å². The summed E-state index contributed by atoms with van der Waals surface area (Å²) >= 11 is 0. The molecule has 0 spiro atoms. The second-order valence-electron chi connectivity index (χ2n) is 3.06. The van der Waals surface area contributed by atoms with Gasteiger partial charge in [0.15, 0.2) is 0 Å². The molecule has 1 heteroatoms. The lowest BCUT2D eigenvalue weighted by Crippen LogP contribution is -1.91. The highest BCUT2D eigenvalue weighted by molar-refractivity contribution is 4.99. The molecular weight excluding hydrogens is 103 g/mol. The minimum atomic E-state index is -0.391. The van der Waals surface area contributed by atoms with Crippen LogP contribution in [-0.4, -0.2) is 6.17 Å². The fourth-order valence-electron chi connectivity index (χ4n) is 1.90. The summed E-state index contributed by atoms with van der Waals surface area (Å²) in [5.41, 5.74) is 0. The van der Waals surface area contributed by atoms with E-state index < -0.39 is 6.17 Å². The molecule has 2 atom stereocenters. The number of hydrogen-bond donors (Lipinski definition) is 0. The van der Waals surface area contributed by atoms with Crippen LogP contribution >= 0.6 is 0 Å². The van der Waals surface area contributed by atoms with Gasteiger partial charge in [0, 0.05) is 0 Å². The quantitative estimate of drug-likeness (QED) is 0.452. The van der Waals surface area contributed by atoms with Gasteiger partial charge in [0.2, 0.25) is 0 Å². The van der Waals surface area contributed by atoms with E-state index in [-0.39, 0.29) is 0 Å². The molecule has 0 aliphatic heterocycles. The summed E-state index contributed by atoms with van der Waals surface area (Å²) in [5, 5.41) is 0. The van der Waals surface area contributed by atoms with Crippen LogP contribution in [0.2, 0.25) is 0 Å². The number of fused-ring (bicyclic) bond motifs is 1. The van der Waals surface area contributed by atoms with Gasteiger partial charge in [-0.05, 0) is 24.7 Å². The second-order valence-corrected chi connectivity index (χ2v) is 3.06. The molecule has 0 amide bonds. The summed E-state index contributed by atoms with van der Waals surface area (Å²) in [7, 11) is 0. The number of rotatable bonds is 0. The zero-order chi connectivity index (χ0) is 5.56. The Labute approximate surface area is 49.1 Å². The van der Waals surface area contributed by atoms with Crippen molar-refractivity contribution in [3.8, 4) is 0 Å².